The summed E-state index contributed by atoms with van der Waals surface area (Å²) in [7, 11) is 0. The van der Waals surface area contributed by atoms with Crippen molar-refractivity contribution in [3.63, 3.8) is 0 Å². The predicted octanol–water partition coefficient (Wildman–Crippen LogP) is 5.00. The molecule has 0 aliphatic carbocycles. The number of carbonyl (C=O) groups is 1. The van der Waals surface area contributed by atoms with E-state index in [9.17, 15) is 9.18 Å². The van der Waals surface area contributed by atoms with Crippen LogP contribution < -0.4 is 10.3 Å². The number of rotatable bonds is 5. The Morgan fingerprint density at radius 2 is 1.90 bits per heavy atom. The monoisotopic (exact) mass is 452 g/mol. The van der Waals surface area contributed by atoms with Crippen LogP contribution in [0.15, 0.2) is 65.1 Å². The molecule has 1 unspecified atom stereocenters. The number of nitrogens with zero attached hydrogens (tertiary/aromatic N) is 3. The van der Waals surface area contributed by atoms with E-state index in [-0.39, 0.29) is 11.7 Å². The van der Waals surface area contributed by atoms with E-state index < -0.39 is 6.29 Å². The summed E-state index contributed by atoms with van der Waals surface area (Å²) in [6.45, 7) is 2.61. The maximum absolute atomic E-state index is 14.1. The van der Waals surface area contributed by atoms with Crippen LogP contribution in [0.1, 0.15) is 33.3 Å². The number of thiophene rings is 1. The number of amides is 1. The van der Waals surface area contributed by atoms with Gasteiger partial charge in [0.15, 0.2) is 5.17 Å². The summed E-state index contributed by atoms with van der Waals surface area (Å²) >= 11 is 2.90. The molecule has 0 bridgehead atoms. The molecular weight excluding hydrogens is 431 g/mol. The Labute approximate surface area is 188 Å². The first-order chi connectivity index (χ1) is 15.2. The molecule has 3 heterocycles. The minimum atomic E-state index is -0.399. The summed E-state index contributed by atoms with van der Waals surface area (Å²) in [4.78, 5) is 17.8. The van der Waals surface area contributed by atoms with Gasteiger partial charge in [0.1, 0.15) is 10.7 Å². The Balaban J connectivity index is 1.40. The molecule has 0 fully saturated rings. The SMILES string of the molecule is CCc1ccc(CN2C(=O)c3sccc3N3C(SCc4ccccc4F)=NNC23)cc1. The van der Waals surface area contributed by atoms with Gasteiger partial charge in [0.05, 0.1) is 5.69 Å². The molecule has 1 atom stereocenters. The van der Waals surface area contributed by atoms with Gasteiger partial charge in [0.2, 0.25) is 6.29 Å². The van der Waals surface area contributed by atoms with Gasteiger partial charge in [-0.05, 0) is 40.6 Å². The highest BCUT2D eigenvalue weighted by Crippen LogP contribution is 2.39. The molecule has 5 rings (SSSR count). The maximum atomic E-state index is 14.1. The van der Waals surface area contributed by atoms with Crippen LogP contribution >= 0.6 is 23.1 Å². The highest BCUT2D eigenvalue weighted by molar-refractivity contribution is 8.13. The third-order valence-electron chi connectivity index (χ3n) is 5.48. The molecular formula is C23H21FN4OS2. The quantitative estimate of drug-likeness (QED) is 0.592. The minimum absolute atomic E-state index is 0.00567. The van der Waals surface area contributed by atoms with Gasteiger partial charge in [0, 0.05) is 12.3 Å². The number of hydrogen-bond acceptors (Lipinski definition) is 6. The second kappa shape index (κ2) is 8.36. The highest BCUT2D eigenvalue weighted by Gasteiger charge is 2.43. The highest BCUT2D eigenvalue weighted by atomic mass is 32.2. The van der Waals surface area contributed by atoms with Crippen molar-refractivity contribution in [2.24, 2.45) is 5.10 Å². The zero-order valence-electron chi connectivity index (χ0n) is 16.9. The van der Waals surface area contributed by atoms with E-state index in [1.165, 1.54) is 34.7 Å². The van der Waals surface area contributed by atoms with Crippen LogP contribution in [0, 0.1) is 5.82 Å². The van der Waals surface area contributed by atoms with Crippen LogP contribution in [0.2, 0.25) is 0 Å². The van der Waals surface area contributed by atoms with Crippen LogP contribution in [0.3, 0.4) is 0 Å². The van der Waals surface area contributed by atoms with Gasteiger partial charge in [-0.3, -0.25) is 20.0 Å². The normalized spacial score (nSPS) is 17.3. The van der Waals surface area contributed by atoms with Crippen molar-refractivity contribution in [2.75, 3.05) is 4.90 Å². The van der Waals surface area contributed by atoms with E-state index in [2.05, 4.69) is 41.7 Å². The number of nitrogens with one attached hydrogen (secondary N) is 1. The number of aryl methyl sites for hydroxylation is 1. The average molecular weight is 453 g/mol. The number of benzene rings is 2. The molecule has 1 aromatic heterocycles. The predicted molar refractivity (Wildman–Crippen MR) is 125 cm³/mol. The summed E-state index contributed by atoms with van der Waals surface area (Å²) < 4.78 is 14.1. The van der Waals surface area contributed by atoms with E-state index >= 15 is 0 Å². The van der Waals surface area contributed by atoms with Crippen molar-refractivity contribution in [2.45, 2.75) is 31.9 Å². The Morgan fingerprint density at radius 1 is 1.13 bits per heavy atom. The fourth-order valence-electron chi connectivity index (χ4n) is 3.76. The molecule has 0 saturated carbocycles. The fourth-order valence-corrected chi connectivity index (χ4v) is 5.57. The lowest BCUT2D eigenvalue weighted by Crippen LogP contribution is -2.57. The van der Waals surface area contributed by atoms with Gasteiger partial charge >= 0.3 is 0 Å². The second-order valence-electron chi connectivity index (χ2n) is 7.39. The smallest absolute Gasteiger partial charge is 0.269 e. The number of anilines is 1. The van der Waals surface area contributed by atoms with E-state index in [0.29, 0.717) is 22.7 Å². The van der Waals surface area contributed by atoms with E-state index in [4.69, 9.17) is 0 Å². The topological polar surface area (TPSA) is 47.9 Å². The molecule has 0 spiro atoms. The lowest BCUT2D eigenvalue weighted by molar-refractivity contribution is 0.0629. The van der Waals surface area contributed by atoms with Crippen molar-refractivity contribution >= 4 is 39.9 Å². The maximum Gasteiger partial charge on any atom is 0.269 e. The zero-order chi connectivity index (χ0) is 21.4. The molecule has 2 aliphatic rings. The number of fused-ring (bicyclic) bond motifs is 3. The molecule has 0 saturated heterocycles. The molecule has 1 amide bonds. The Bertz CT molecular complexity index is 1140. The summed E-state index contributed by atoms with van der Waals surface area (Å²) in [6, 6.07) is 17.1. The summed E-state index contributed by atoms with van der Waals surface area (Å²) in [6.07, 6.45) is 0.583. The number of hydrogen-bond donors (Lipinski definition) is 1. The van der Waals surface area contributed by atoms with Gasteiger partial charge in [0.25, 0.3) is 5.91 Å². The van der Waals surface area contributed by atoms with Crippen LogP contribution in [-0.4, -0.2) is 22.3 Å². The van der Waals surface area contributed by atoms with Crippen LogP contribution in [0.25, 0.3) is 0 Å². The van der Waals surface area contributed by atoms with Crippen LogP contribution in [0.4, 0.5) is 10.1 Å². The number of carbonyl (C=O) groups excluding carboxylic acids is 1. The molecule has 2 aliphatic heterocycles. The third-order valence-corrected chi connectivity index (χ3v) is 7.37. The molecule has 0 radical (unpaired) electrons. The van der Waals surface area contributed by atoms with Crippen molar-refractivity contribution in [3.05, 3.63) is 87.4 Å². The fraction of sp³-hybridized carbons (Fsp3) is 0.217. The minimum Gasteiger partial charge on any atom is -0.294 e. The molecule has 31 heavy (non-hydrogen) atoms. The third kappa shape index (κ3) is 3.70. The van der Waals surface area contributed by atoms with Gasteiger partial charge in [-0.15, -0.1) is 11.3 Å². The summed E-state index contributed by atoms with van der Waals surface area (Å²) in [5, 5.41) is 7.16. The van der Waals surface area contributed by atoms with E-state index in [0.717, 1.165) is 22.8 Å². The number of halogens is 1. The first-order valence-electron chi connectivity index (χ1n) is 10.1. The number of amidine groups is 1. The number of thioether (sulfide) groups is 1. The second-order valence-corrected chi connectivity index (χ2v) is 9.24. The van der Waals surface area contributed by atoms with Gasteiger partial charge < -0.3 is 0 Å². The van der Waals surface area contributed by atoms with Crippen LogP contribution in [-0.2, 0) is 18.7 Å². The molecule has 1 N–H and O–H groups in total. The van der Waals surface area contributed by atoms with Crippen molar-refractivity contribution in [1.82, 2.24) is 10.3 Å². The Morgan fingerprint density at radius 3 is 2.68 bits per heavy atom. The Hall–Kier alpha value is -2.84. The van der Waals surface area contributed by atoms with Gasteiger partial charge in [-0.2, -0.15) is 5.10 Å². The first kappa shape index (κ1) is 20.1. The molecule has 2 aromatic carbocycles. The molecule has 158 valence electrons. The lowest BCUT2D eigenvalue weighted by atomic mass is 10.1. The van der Waals surface area contributed by atoms with Crippen molar-refractivity contribution in [3.8, 4) is 0 Å². The molecule has 3 aromatic rings. The summed E-state index contributed by atoms with van der Waals surface area (Å²) in [5.41, 5.74) is 6.94. The standard InChI is InChI=1S/C23H21FN4OS2/c1-2-15-7-9-16(10-8-15)13-27-21(29)20-19(11-12-30-20)28-22(27)25-26-23(28)31-14-17-5-3-4-6-18(17)24/h3-12,22,25H,2,13-14H2,1H3. The van der Waals surface area contributed by atoms with Crippen LogP contribution in [0.5, 0.6) is 0 Å². The summed E-state index contributed by atoms with van der Waals surface area (Å²) in [5.74, 6) is 0.233. The van der Waals surface area contributed by atoms with Gasteiger partial charge in [-0.25, -0.2) is 4.39 Å². The van der Waals surface area contributed by atoms with Crippen molar-refractivity contribution < 1.29 is 9.18 Å². The molecule has 8 heteroatoms. The largest absolute Gasteiger partial charge is 0.294 e. The average Bonchev–Trinajstić information content (AvgIpc) is 3.44. The number of hydrazone groups is 1. The Kier molecular flexibility index (Phi) is 5.41. The first-order valence-corrected chi connectivity index (χ1v) is 12.0. The van der Waals surface area contributed by atoms with Crippen molar-refractivity contribution in [1.29, 1.82) is 0 Å². The molecule has 5 nitrogen and oxygen atoms in total. The zero-order valence-corrected chi connectivity index (χ0v) is 18.5. The van der Waals surface area contributed by atoms with E-state index in [1.807, 2.05) is 22.4 Å². The lowest BCUT2D eigenvalue weighted by Gasteiger charge is -2.39. The van der Waals surface area contributed by atoms with Gasteiger partial charge in [-0.1, -0.05) is 61.2 Å². The van der Waals surface area contributed by atoms with E-state index in [1.54, 1.807) is 17.0 Å².